The largest absolute Gasteiger partial charge is 0.426 e. The van der Waals surface area contributed by atoms with E-state index in [0.29, 0.717) is 39.3 Å². The van der Waals surface area contributed by atoms with E-state index in [1.807, 2.05) is 36.4 Å². The first-order chi connectivity index (χ1) is 17.4. The fourth-order valence-electron chi connectivity index (χ4n) is 5.68. The van der Waals surface area contributed by atoms with Crippen molar-refractivity contribution in [2.75, 3.05) is 0 Å². The van der Waals surface area contributed by atoms with Gasteiger partial charge in [0.25, 0.3) is 0 Å². The second-order valence-electron chi connectivity index (χ2n) is 9.08. The molecule has 3 atom stereocenters. The van der Waals surface area contributed by atoms with Gasteiger partial charge in [-0.3, -0.25) is 4.79 Å². The Hall–Kier alpha value is -3.93. The zero-order valence-corrected chi connectivity index (χ0v) is 19.9. The fourth-order valence-corrected chi connectivity index (χ4v) is 5.86. The van der Waals surface area contributed by atoms with Crippen molar-refractivity contribution in [3.63, 3.8) is 0 Å². The van der Waals surface area contributed by atoms with Gasteiger partial charge in [0.15, 0.2) is 0 Å². The van der Waals surface area contributed by atoms with Gasteiger partial charge in [0.1, 0.15) is 17.1 Å². The lowest BCUT2D eigenvalue weighted by atomic mass is 9.56. The molecule has 0 radical (unpaired) electrons. The summed E-state index contributed by atoms with van der Waals surface area (Å²) in [5.74, 6) is -1.35. The SMILES string of the molecule is C=CC(=O)Oc1ccc(OC(=O)C2CC3c4ccccc4C2(O)c2ccc(Cl)cc23)c2ccccc12. The van der Waals surface area contributed by atoms with Gasteiger partial charge in [0, 0.05) is 27.8 Å². The minimum Gasteiger partial charge on any atom is -0.426 e. The molecular formula is C30H21ClO5. The lowest BCUT2D eigenvalue weighted by Crippen LogP contribution is -2.51. The molecule has 0 heterocycles. The first-order valence-corrected chi connectivity index (χ1v) is 12.0. The number of hydrogen-bond acceptors (Lipinski definition) is 5. The maximum atomic E-state index is 13.7. The lowest BCUT2D eigenvalue weighted by Gasteiger charge is -2.50. The second kappa shape index (κ2) is 8.33. The van der Waals surface area contributed by atoms with E-state index in [0.717, 1.165) is 22.8 Å². The van der Waals surface area contributed by atoms with Crippen LogP contribution in [0.5, 0.6) is 11.5 Å². The van der Waals surface area contributed by atoms with E-state index in [1.165, 1.54) is 0 Å². The summed E-state index contributed by atoms with van der Waals surface area (Å²) < 4.78 is 11.3. The van der Waals surface area contributed by atoms with Crippen molar-refractivity contribution in [2.45, 2.75) is 17.9 Å². The highest BCUT2D eigenvalue weighted by molar-refractivity contribution is 6.30. The van der Waals surface area contributed by atoms with Crippen LogP contribution >= 0.6 is 11.6 Å². The number of carbonyl (C=O) groups excluding carboxylic acids is 2. The molecule has 36 heavy (non-hydrogen) atoms. The molecular weight excluding hydrogens is 476 g/mol. The number of esters is 2. The zero-order chi connectivity index (χ0) is 25.0. The van der Waals surface area contributed by atoms with Crippen LogP contribution < -0.4 is 9.47 Å². The number of ether oxygens (including phenoxy) is 2. The van der Waals surface area contributed by atoms with Crippen LogP contribution in [-0.4, -0.2) is 17.0 Å². The molecule has 4 aromatic rings. The van der Waals surface area contributed by atoms with Crippen molar-refractivity contribution in [3.05, 3.63) is 119 Å². The molecule has 6 heteroatoms. The van der Waals surface area contributed by atoms with Gasteiger partial charge < -0.3 is 14.6 Å². The van der Waals surface area contributed by atoms with Crippen LogP contribution in [0.25, 0.3) is 10.8 Å². The molecule has 5 nitrogen and oxygen atoms in total. The van der Waals surface area contributed by atoms with Crippen LogP contribution in [0, 0.1) is 5.92 Å². The van der Waals surface area contributed by atoms with Crippen LogP contribution in [-0.2, 0) is 15.2 Å². The van der Waals surface area contributed by atoms with Crippen LogP contribution in [0.15, 0.2) is 91.5 Å². The number of hydrogen-bond donors (Lipinski definition) is 1. The normalized spacial score (nSPS) is 21.4. The Labute approximate surface area is 212 Å². The van der Waals surface area contributed by atoms with E-state index in [2.05, 4.69) is 6.58 Å². The Morgan fingerprint density at radius 2 is 1.53 bits per heavy atom. The molecule has 0 saturated heterocycles. The molecule has 3 unspecified atom stereocenters. The Balaban J connectivity index is 1.41. The maximum Gasteiger partial charge on any atom is 0.335 e. The second-order valence-corrected chi connectivity index (χ2v) is 9.52. The summed E-state index contributed by atoms with van der Waals surface area (Å²) in [6, 6.07) is 23.5. The molecule has 1 N–H and O–H groups in total. The molecule has 0 fully saturated rings. The molecule has 0 aliphatic heterocycles. The number of carbonyl (C=O) groups is 2. The summed E-state index contributed by atoms with van der Waals surface area (Å²) in [5.41, 5.74) is 1.79. The third kappa shape index (κ3) is 3.28. The first-order valence-electron chi connectivity index (χ1n) is 11.6. The molecule has 2 bridgehead atoms. The highest BCUT2D eigenvalue weighted by Gasteiger charge is 2.56. The van der Waals surface area contributed by atoms with Gasteiger partial charge in [-0.1, -0.05) is 72.8 Å². The highest BCUT2D eigenvalue weighted by Crippen LogP contribution is 2.58. The van der Waals surface area contributed by atoms with Gasteiger partial charge in [-0.05, 0) is 52.9 Å². The average molecular weight is 497 g/mol. The Morgan fingerprint density at radius 1 is 0.889 bits per heavy atom. The third-order valence-electron chi connectivity index (χ3n) is 7.24. The predicted molar refractivity (Wildman–Crippen MR) is 136 cm³/mol. The van der Waals surface area contributed by atoms with E-state index >= 15 is 0 Å². The lowest BCUT2D eigenvalue weighted by molar-refractivity contribution is -0.149. The van der Waals surface area contributed by atoms with Gasteiger partial charge >= 0.3 is 11.9 Å². The molecule has 3 aliphatic carbocycles. The number of aliphatic hydroxyl groups is 1. The summed E-state index contributed by atoms with van der Waals surface area (Å²) in [4.78, 5) is 25.5. The summed E-state index contributed by atoms with van der Waals surface area (Å²) in [6.45, 7) is 3.43. The van der Waals surface area contributed by atoms with Crippen molar-refractivity contribution in [1.29, 1.82) is 0 Å². The van der Waals surface area contributed by atoms with Crippen molar-refractivity contribution in [2.24, 2.45) is 5.92 Å². The molecule has 0 aromatic heterocycles. The van der Waals surface area contributed by atoms with E-state index in [-0.39, 0.29) is 5.92 Å². The molecule has 3 aliphatic rings. The minimum atomic E-state index is -1.54. The standard InChI is InChI=1S/C30H21ClO5/c1-2-28(32)35-26-13-14-27(20-9-4-3-8-19(20)26)36-29(33)25-16-21-18-7-5-6-10-23(18)30(25,34)24-12-11-17(31)15-22(21)24/h2-15,21,25,34H,1,16H2. The van der Waals surface area contributed by atoms with Crippen molar-refractivity contribution in [3.8, 4) is 11.5 Å². The monoisotopic (exact) mass is 496 g/mol. The zero-order valence-electron chi connectivity index (χ0n) is 19.1. The van der Waals surface area contributed by atoms with Crippen molar-refractivity contribution >= 4 is 34.3 Å². The predicted octanol–water partition coefficient (Wildman–Crippen LogP) is 5.89. The summed E-state index contributed by atoms with van der Waals surface area (Å²) in [5, 5.41) is 14.0. The third-order valence-corrected chi connectivity index (χ3v) is 7.47. The maximum absolute atomic E-state index is 13.7. The molecule has 0 amide bonds. The first kappa shape index (κ1) is 22.5. The fraction of sp³-hybridized carbons (Fsp3) is 0.133. The van der Waals surface area contributed by atoms with Gasteiger partial charge in [0.05, 0.1) is 5.92 Å². The summed E-state index contributed by atoms with van der Waals surface area (Å²) in [6.07, 6.45) is 1.48. The number of benzene rings is 4. The summed E-state index contributed by atoms with van der Waals surface area (Å²) >= 11 is 6.29. The smallest absolute Gasteiger partial charge is 0.335 e. The molecule has 7 rings (SSSR count). The number of rotatable bonds is 4. The Morgan fingerprint density at radius 3 is 2.25 bits per heavy atom. The van der Waals surface area contributed by atoms with E-state index in [1.54, 1.807) is 42.5 Å². The topological polar surface area (TPSA) is 72.8 Å². The van der Waals surface area contributed by atoms with Crippen LogP contribution in [0.2, 0.25) is 5.02 Å². The number of fused-ring (bicyclic) bond motifs is 2. The Kier molecular flexibility index (Phi) is 5.21. The minimum absolute atomic E-state index is 0.0843. The van der Waals surface area contributed by atoms with Gasteiger partial charge in [0.2, 0.25) is 0 Å². The number of halogens is 1. The average Bonchev–Trinajstić information content (AvgIpc) is 2.90. The van der Waals surface area contributed by atoms with Crippen LogP contribution in [0.3, 0.4) is 0 Å². The highest BCUT2D eigenvalue weighted by atomic mass is 35.5. The van der Waals surface area contributed by atoms with E-state index < -0.39 is 23.5 Å². The van der Waals surface area contributed by atoms with Gasteiger partial charge in [-0.2, -0.15) is 0 Å². The van der Waals surface area contributed by atoms with Gasteiger partial charge in [-0.15, -0.1) is 0 Å². The quantitative estimate of drug-likeness (QED) is 0.216. The summed E-state index contributed by atoms with van der Waals surface area (Å²) in [7, 11) is 0. The molecule has 0 saturated carbocycles. The Bertz CT molecular complexity index is 1580. The van der Waals surface area contributed by atoms with Crippen molar-refractivity contribution < 1.29 is 24.2 Å². The van der Waals surface area contributed by atoms with Crippen LogP contribution in [0.4, 0.5) is 0 Å². The van der Waals surface area contributed by atoms with Crippen molar-refractivity contribution in [1.82, 2.24) is 0 Å². The molecule has 178 valence electrons. The van der Waals surface area contributed by atoms with E-state index in [4.69, 9.17) is 21.1 Å². The molecule has 0 spiro atoms. The van der Waals surface area contributed by atoms with E-state index in [9.17, 15) is 14.7 Å². The molecule has 4 aromatic carbocycles. The van der Waals surface area contributed by atoms with Crippen LogP contribution in [0.1, 0.15) is 34.6 Å². The van der Waals surface area contributed by atoms with Gasteiger partial charge in [-0.25, -0.2) is 4.79 Å².